The van der Waals surface area contributed by atoms with Crippen LogP contribution in [0.25, 0.3) is 0 Å². The summed E-state index contributed by atoms with van der Waals surface area (Å²) in [7, 11) is 0. The lowest BCUT2D eigenvalue weighted by Crippen LogP contribution is -2.35. The molecule has 0 aliphatic carbocycles. The largest absolute Gasteiger partial charge is 0.458 e. The van der Waals surface area contributed by atoms with Crippen LogP contribution in [0.15, 0.2) is 68.3 Å². The Morgan fingerprint density at radius 1 is 1.05 bits per heavy atom. The standard InChI is InChI=1S/C16H16O4/c1-4-14(17)19-12-16(6-3,20-15(18)5-2)13-10-8-7-9-11-13/h4-11H,1-3,12H2. The van der Waals surface area contributed by atoms with Crippen molar-refractivity contribution >= 4 is 11.9 Å². The minimum absolute atomic E-state index is 0.190. The fourth-order valence-electron chi connectivity index (χ4n) is 1.57. The summed E-state index contributed by atoms with van der Waals surface area (Å²) in [6.45, 7) is 10.1. The maximum absolute atomic E-state index is 11.5. The van der Waals surface area contributed by atoms with Crippen LogP contribution in [0.5, 0.6) is 0 Å². The van der Waals surface area contributed by atoms with E-state index in [9.17, 15) is 9.59 Å². The highest BCUT2D eigenvalue weighted by atomic mass is 16.6. The lowest BCUT2D eigenvalue weighted by molar-refractivity contribution is -0.161. The van der Waals surface area contributed by atoms with Crippen molar-refractivity contribution in [3.8, 4) is 0 Å². The smallest absolute Gasteiger partial charge is 0.331 e. The Morgan fingerprint density at radius 3 is 2.15 bits per heavy atom. The second-order valence-corrected chi connectivity index (χ2v) is 3.90. The van der Waals surface area contributed by atoms with Crippen LogP contribution in [0.2, 0.25) is 0 Å². The molecule has 0 amide bonds. The molecule has 0 fully saturated rings. The first kappa shape index (κ1) is 15.4. The zero-order chi connectivity index (χ0) is 15.0. The van der Waals surface area contributed by atoms with Crippen molar-refractivity contribution in [3.63, 3.8) is 0 Å². The molecule has 0 aromatic heterocycles. The summed E-state index contributed by atoms with van der Waals surface area (Å²) in [5, 5.41) is 0. The Balaban J connectivity index is 3.11. The molecule has 0 saturated heterocycles. The summed E-state index contributed by atoms with van der Waals surface area (Å²) in [5.41, 5.74) is -0.618. The molecule has 4 nitrogen and oxygen atoms in total. The number of carbonyl (C=O) groups is 2. The van der Waals surface area contributed by atoms with Crippen molar-refractivity contribution < 1.29 is 19.1 Å². The van der Waals surface area contributed by atoms with Gasteiger partial charge in [-0.3, -0.25) is 0 Å². The van der Waals surface area contributed by atoms with Gasteiger partial charge in [-0.2, -0.15) is 0 Å². The molecule has 1 aromatic rings. The molecule has 0 radical (unpaired) electrons. The lowest BCUT2D eigenvalue weighted by atomic mass is 9.94. The van der Waals surface area contributed by atoms with Crippen LogP contribution in [-0.2, 0) is 24.7 Å². The van der Waals surface area contributed by atoms with E-state index >= 15 is 0 Å². The van der Waals surface area contributed by atoms with Crippen LogP contribution >= 0.6 is 0 Å². The molecule has 1 rings (SSSR count). The van der Waals surface area contributed by atoms with E-state index in [2.05, 4.69) is 19.7 Å². The summed E-state index contributed by atoms with van der Waals surface area (Å²) in [6.07, 6.45) is 3.49. The number of esters is 2. The van der Waals surface area contributed by atoms with Gasteiger partial charge in [0.05, 0.1) is 0 Å². The van der Waals surface area contributed by atoms with Gasteiger partial charge in [0, 0.05) is 17.7 Å². The van der Waals surface area contributed by atoms with E-state index in [1.54, 1.807) is 24.3 Å². The van der Waals surface area contributed by atoms with Crippen molar-refractivity contribution in [1.29, 1.82) is 0 Å². The molecule has 1 atom stereocenters. The molecular weight excluding hydrogens is 256 g/mol. The Kier molecular flexibility index (Phi) is 5.47. The SMILES string of the molecule is C=CC(=O)OCC(C=C)(OC(=O)C=C)c1ccccc1. The first-order valence-electron chi connectivity index (χ1n) is 5.91. The first-order valence-corrected chi connectivity index (χ1v) is 5.91. The highest BCUT2D eigenvalue weighted by Crippen LogP contribution is 2.28. The summed E-state index contributed by atoms with van der Waals surface area (Å²) in [6, 6.07) is 8.89. The average Bonchev–Trinajstić information content (AvgIpc) is 2.51. The minimum Gasteiger partial charge on any atom is -0.458 e. The normalized spacial score (nSPS) is 12.6. The number of carbonyl (C=O) groups excluding carboxylic acids is 2. The molecule has 0 N–H and O–H groups in total. The van der Waals surface area contributed by atoms with Crippen LogP contribution in [0.1, 0.15) is 5.56 Å². The van der Waals surface area contributed by atoms with E-state index in [4.69, 9.17) is 9.47 Å². The average molecular weight is 272 g/mol. The van der Waals surface area contributed by atoms with Crippen LogP contribution in [0, 0.1) is 0 Å². The van der Waals surface area contributed by atoms with Crippen LogP contribution in [0.4, 0.5) is 0 Å². The zero-order valence-corrected chi connectivity index (χ0v) is 11.1. The molecule has 0 heterocycles. The van der Waals surface area contributed by atoms with E-state index < -0.39 is 17.5 Å². The molecule has 0 spiro atoms. The van der Waals surface area contributed by atoms with E-state index in [1.807, 2.05) is 6.07 Å². The quantitative estimate of drug-likeness (QED) is 0.435. The zero-order valence-electron chi connectivity index (χ0n) is 11.1. The number of hydrogen-bond acceptors (Lipinski definition) is 4. The summed E-state index contributed by atoms with van der Waals surface area (Å²) < 4.78 is 10.3. The fraction of sp³-hybridized carbons (Fsp3) is 0.125. The third-order valence-corrected chi connectivity index (χ3v) is 2.64. The minimum atomic E-state index is -1.26. The summed E-state index contributed by atoms with van der Waals surface area (Å²) in [4.78, 5) is 22.8. The summed E-state index contributed by atoms with van der Waals surface area (Å²) in [5.74, 6) is -1.25. The molecule has 0 aliphatic heterocycles. The maximum Gasteiger partial charge on any atom is 0.331 e. The maximum atomic E-state index is 11.5. The molecule has 0 bridgehead atoms. The van der Waals surface area contributed by atoms with Gasteiger partial charge in [-0.1, -0.05) is 50.1 Å². The number of benzene rings is 1. The molecule has 0 saturated carbocycles. The van der Waals surface area contributed by atoms with Crippen molar-refractivity contribution in [2.24, 2.45) is 0 Å². The van der Waals surface area contributed by atoms with Gasteiger partial charge < -0.3 is 9.47 Å². The van der Waals surface area contributed by atoms with Gasteiger partial charge in [-0.15, -0.1) is 0 Å². The number of rotatable bonds is 7. The second kappa shape index (κ2) is 7.09. The Labute approximate surface area is 118 Å². The van der Waals surface area contributed by atoms with Gasteiger partial charge in [0.15, 0.2) is 5.60 Å². The lowest BCUT2D eigenvalue weighted by Gasteiger charge is -2.29. The number of hydrogen-bond donors (Lipinski definition) is 0. The monoisotopic (exact) mass is 272 g/mol. The van der Waals surface area contributed by atoms with E-state index in [0.717, 1.165) is 12.2 Å². The molecule has 1 aromatic carbocycles. The van der Waals surface area contributed by atoms with Crippen molar-refractivity contribution in [2.45, 2.75) is 5.60 Å². The molecule has 1 unspecified atom stereocenters. The van der Waals surface area contributed by atoms with Gasteiger partial charge in [0.2, 0.25) is 0 Å². The van der Waals surface area contributed by atoms with Gasteiger partial charge in [0.25, 0.3) is 0 Å². The molecular formula is C16H16O4. The highest BCUT2D eigenvalue weighted by molar-refractivity contribution is 5.82. The Morgan fingerprint density at radius 2 is 1.65 bits per heavy atom. The Hall–Kier alpha value is -2.62. The third kappa shape index (κ3) is 3.68. The molecule has 20 heavy (non-hydrogen) atoms. The predicted octanol–water partition coefficient (Wildman–Crippen LogP) is 2.53. The molecule has 4 heteroatoms. The number of ether oxygens (including phenoxy) is 2. The van der Waals surface area contributed by atoms with E-state index in [1.165, 1.54) is 6.08 Å². The van der Waals surface area contributed by atoms with Crippen molar-refractivity contribution in [2.75, 3.05) is 6.61 Å². The third-order valence-electron chi connectivity index (χ3n) is 2.64. The fourth-order valence-corrected chi connectivity index (χ4v) is 1.57. The van der Waals surface area contributed by atoms with Gasteiger partial charge in [-0.25, -0.2) is 9.59 Å². The van der Waals surface area contributed by atoms with Crippen molar-refractivity contribution in [3.05, 3.63) is 73.9 Å². The predicted molar refractivity (Wildman–Crippen MR) is 75.8 cm³/mol. The highest BCUT2D eigenvalue weighted by Gasteiger charge is 2.34. The van der Waals surface area contributed by atoms with E-state index in [0.29, 0.717) is 5.56 Å². The first-order chi connectivity index (χ1) is 9.57. The Bertz CT molecular complexity index is 519. The second-order valence-electron chi connectivity index (χ2n) is 3.90. The topological polar surface area (TPSA) is 52.6 Å². The van der Waals surface area contributed by atoms with Crippen LogP contribution in [0.3, 0.4) is 0 Å². The van der Waals surface area contributed by atoms with E-state index in [-0.39, 0.29) is 6.61 Å². The van der Waals surface area contributed by atoms with Crippen molar-refractivity contribution in [1.82, 2.24) is 0 Å². The van der Waals surface area contributed by atoms with Crippen LogP contribution in [-0.4, -0.2) is 18.5 Å². The van der Waals surface area contributed by atoms with Gasteiger partial charge >= 0.3 is 11.9 Å². The van der Waals surface area contributed by atoms with Crippen LogP contribution < -0.4 is 0 Å². The summed E-state index contributed by atoms with van der Waals surface area (Å²) >= 11 is 0. The molecule has 0 aliphatic rings. The molecule has 104 valence electrons. The van der Waals surface area contributed by atoms with Gasteiger partial charge in [0.1, 0.15) is 6.61 Å². The van der Waals surface area contributed by atoms with Gasteiger partial charge in [-0.05, 0) is 6.08 Å².